The van der Waals surface area contributed by atoms with E-state index >= 15 is 0 Å². The molecule has 0 saturated carbocycles. The van der Waals surface area contributed by atoms with E-state index in [2.05, 4.69) is 29.7 Å². The van der Waals surface area contributed by atoms with Gasteiger partial charge in [0.05, 0.1) is 24.9 Å². The fraction of sp³-hybridized carbons (Fsp3) is 0.625. The van der Waals surface area contributed by atoms with E-state index in [-0.39, 0.29) is 5.82 Å². The highest BCUT2D eigenvalue weighted by molar-refractivity contribution is 5.50. The Balaban J connectivity index is 1.65. The first-order valence-electron chi connectivity index (χ1n) is 7.51. The molecule has 0 N–H and O–H groups in total. The molecular weight excluding hydrogens is 255 g/mol. The van der Waals surface area contributed by atoms with Gasteiger partial charge in [0.1, 0.15) is 5.82 Å². The van der Waals surface area contributed by atoms with Crippen LogP contribution in [0.5, 0.6) is 0 Å². The third-order valence-corrected chi connectivity index (χ3v) is 4.43. The molecule has 1 aromatic carbocycles. The van der Waals surface area contributed by atoms with Gasteiger partial charge in [0.25, 0.3) is 0 Å². The van der Waals surface area contributed by atoms with Crippen LogP contribution in [0.15, 0.2) is 18.2 Å². The Hall–Kier alpha value is -1.13. The Bertz CT molecular complexity index is 466. The Morgan fingerprint density at radius 3 is 2.35 bits per heavy atom. The van der Waals surface area contributed by atoms with Crippen LogP contribution in [-0.2, 0) is 4.74 Å². The standard InChI is InChI=1S/C16H23FN2O/c1-12(2)13-3-4-16(15(17)9-13)19-7-5-18(6-8-19)14-10-20-11-14/h3-4,9,12,14H,5-8,10-11H2,1-2H3. The number of piperazine rings is 1. The fourth-order valence-electron chi connectivity index (χ4n) is 2.90. The number of anilines is 1. The maximum Gasteiger partial charge on any atom is 0.146 e. The Morgan fingerprint density at radius 1 is 1.15 bits per heavy atom. The van der Waals surface area contributed by atoms with Crippen LogP contribution in [-0.4, -0.2) is 50.3 Å². The zero-order valence-electron chi connectivity index (χ0n) is 12.3. The molecule has 0 radical (unpaired) electrons. The Morgan fingerprint density at radius 2 is 1.85 bits per heavy atom. The average Bonchev–Trinajstić information content (AvgIpc) is 2.37. The number of rotatable bonds is 3. The fourth-order valence-corrected chi connectivity index (χ4v) is 2.90. The van der Waals surface area contributed by atoms with Gasteiger partial charge in [-0.1, -0.05) is 19.9 Å². The number of hydrogen-bond donors (Lipinski definition) is 0. The summed E-state index contributed by atoms with van der Waals surface area (Å²) in [6.45, 7) is 9.69. The highest BCUT2D eigenvalue weighted by Gasteiger charge is 2.29. The second-order valence-corrected chi connectivity index (χ2v) is 6.08. The van der Waals surface area contributed by atoms with Gasteiger partial charge in [0.15, 0.2) is 0 Å². The van der Waals surface area contributed by atoms with E-state index in [9.17, 15) is 4.39 Å². The minimum atomic E-state index is -0.0865. The van der Waals surface area contributed by atoms with Crippen molar-refractivity contribution in [2.45, 2.75) is 25.8 Å². The van der Waals surface area contributed by atoms with Crippen molar-refractivity contribution in [3.63, 3.8) is 0 Å². The second kappa shape index (κ2) is 5.70. The van der Waals surface area contributed by atoms with E-state index in [1.165, 1.54) is 0 Å². The molecule has 0 amide bonds. The van der Waals surface area contributed by atoms with Crippen molar-refractivity contribution in [1.82, 2.24) is 4.90 Å². The third-order valence-electron chi connectivity index (χ3n) is 4.43. The predicted molar refractivity (Wildman–Crippen MR) is 78.9 cm³/mol. The normalized spacial score (nSPS) is 21.3. The first-order chi connectivity index (χ1) is 9.65. The van der Waals surface area contributed by atoms with Crippen molar-refractivity contribution < 1.29 is 9.13 Å². The Labute approximate surface area is 120 Å². The summed E-state index contributed by atoms with van der Waals surface area (Å²) in [7, 11) is 0. The number of nitrogens with zero attached hydrogens (tertiary/aromatic N) is 2. The van der Waals surface area contributed by atoms with Gasteiger partial charge in [-0.3, -0.25) is 4.90 Å². The molecule has 0 spiro atoms. The summed E-state index contributed by atoms with van der Waals surface area (Å²) >= 11 is 0. The van der Waals surface area contributed by atoms with Crippen LogP contribution >= 0.6 is 0 Å². The first-order valence-corrected chi connectivity index (χ1v) is 7.51. The van der Waals surface area contributed by atoms with E-state index in [0.29, 0.717) is 12.0 Å². The first kappa shape index (κ1) is 13.8. The smallest absolute Gasteiger partial charge is 0.146 e. The highest BCUT2D eigenvalue weighted by Crippen LogP contribution is 2.25. The molecule has 2 aliphatic heterocycles. The molecule has 0 aromatic heterocycles. The van der Waals surface area contributed by atoms with E-state index in [1.807, 2.05) is 6.07 Å². The quantitative estimate of drug-likeness (QED) is 0.845. The summed E-state index contributed by atoms with van der Waals surface area (Å²) in [5.41, 5.74) is 1.82. The van der Waals surface area contributed by atoms with Crippen LogP contribution in [0.2, 0.25) is 0 Å². The molecule has 0 atom stereocenters. The van der Waals surface area contributed by atoms with E-state index in [4.69, 9.17) is 4.74 Å². The lowest BCUT2D eigenvalue weighted by Crippen LogP contribution is -2.56. The number of ether oxygens (including phenoxy) is 1. The SMILES string of the molecule is CC(C)c1ccc(N2CCN(C3COC3)CC2)c(F)c1. The van der Waals surface area contributed by atoms with Crippen LogP contribution in [0.3, 0.4) is 0 Å². The van der Waals surface area contributed by atoms with E-state index in [0.717, 1.165) is 50.6 Å². The van der Waals surface area contributed by atoms with Crippen LogP contribution in [0.25, 0.3) is 0 Å². The summed E-state index contributed by atoms with van der Waals surface area (Å²) in [5.74, 6) is 0.283. The van der Waals surface area contributed by atoms with Gasteiger partial charge in [-0.25, -0.2) is 4.39 Å². The molecule has 0 unspecified atom stereocenters. The summed E-state index contributed by atoms with van der Waals surface area (Å²) in [5, 5.41) is 0. The second-order valence-electron chi connectivity index (χ2n) is 6.08. The van der Waals surface area contributed by atoms with Gasteiger partial charge in [-0.15, -0.1) is 0 Å². The molecule has 20 heavy (non-hydrogen) atoms. The molecule has 110 valence electrons. The maximum absolute atomic E-state index is 14.3. The molecule has 0 bridgehead atoms. The maximum atomic E-state index is 14.3. The molecule has 0 aliphatic carbocycles. The van der Waals surface area contributed by atoms with Crippen molar-refractivity contribution in [3.8, 4) is 0 Å². The van der Waals surface area contributed by atoms with Crippen LogP contribution in [0.4, 0.5) is 10.1 Å². The zero-order chi connectivity index (χ0) is 14.1. The van der Waals surface area contributed by atoms with Crippen LogP contribution in [0.1, 0.15) is 25.3 Å². The molecule has 2 aliphatic rings. The van der Waals surface area contributed by atoms with Crippen LogP contribution in [0, 0.1) is 5.82 Å². The molecular formula is C16H23FN2O. The topological polar surface area (TPSA) is 15.7 Å². The van der Waals surface area contributed by atoms with Crippen molar-refractivity contribution in [2.24, 2.45) is 0 Å². The minimum absolute atomic E-state index is 0.0865. The van der Waals surface area contributed by atoms with Crippen LogP contribution < -0.4 is 4.90 Å². The van der Waals surface area contributed by atoms with E-state index in [1.54, 1.807) is 6.07 Å². The monoisotopic (exact) mass is 278 g/mol. The van der Waals surface area contributed by atoms with Gasteiger partial charge in [0, 0.05) is 26.2 Å². The summed E-state index contributed by atoms with van der Waals surface area (Å²) in [6, 6.07) is 6.26. The average molecular weight is 278 g/mol. The zero-order valence-corrected chi connectivity index (χ0v) is 12.3. The van der Waals surface area contributed by atoms with E-state index < -0.39 is 0 Å². The number of benzene rings is 1. The van der Waals surface area contributed by atoms with Gasteiger partial charge in [-0.05, 0) is 23.6 Å². The summed E-state index contributed by atoms with van der Waals surface area (Å²) < 4.78 is 19.5. The molecule has 2 saturated heterocycles. The highest BCUT2D eigenvalue weighted by atomic mass is 19.1. The van der Waals surface area contributed by atoms with Crippen molar-refractivity contribution >= 4 is 5.69 Å². The molecule has 2 fully saturated rings. The largest absolute Gasteiger partial charge is 0.378 e. The predicted octanol–water partition coefficient (Wildman–Crippen LogP) is 2.47. The number of hydrogen-bond acceptors (Lipinski definition) is 3. The van der Waals surface area contributed by atoms with Gasteiger partial charge in [-0.2, -0.15) is 0 Å². The van der Waals surface area contributed by atoms with Gasteiger partial charge >= 0.3 is 0 Å². The molecule has 3 nitrogen and oxygen atoms in total. The van der Waals surface area contributed by atoms with Crippen molar-refractivity contribution in [2.75, 3.05) is 44.3 Å². The van der Waals surface area contributed by atoms with Gasteiger partial charge in [0.2, 0.25) is 0 Å². The Kier molecular flexibility index (Phi) is 3.94. The lowest BCUT2D eigenvalue weighted by Gasteiger charge is -2.43. The third kappa shape index (κ3) is 2.67. The van der Waals surface area contributed by atoms with Gasteiger partial charge < -0.3 is 9.64 Å². The molecule has 3 rings (SSSR count). The summed E-state index contributed by atoms with van der Waals surface area (Å²) in [6.07, 6.45) is 0. The van der Waals surface area contributed by atoms with Crippen molar-refractivity contribution in [3.05, 3.63) is 29.6 Å². The number of halogens is 1. The molecule has 4 heteroatoms. The van der Waals surface area contributed by atoms with Crippen molar-refractivity contribution in [1.29, 1.82) is 0 Å². The lowest BCUT2D eigenvalue weighted by molar-refractivity contribution is -0.0660. The lowest BCUT2D eigenvalue weighted by atomic mass is 10.0. The molecule has 2 heterocycles. The summed E-state index contributed by atoms with van der Waals surface area (Å²) in [4.78, 5) is 4.62. The molecule has 1 aromatic rings. The minimum Gasteiger partial charge on any atom is -0.378 e.